The van der Waals surface area contributed by atoms with Gasteiger partial charge in [0.25, 0.3) is 0 Å². The molecular formula is C34H30O9. The summed E-state index contributed by atoms with van der Waals surface area (Å²) in [4.78, 5) is 27.2. The van der Waals surface area contributed by atoms with E-state index in [-0.39, 0.29) is 19.4 Å². The molecule has 220 valence electrons. The van der Waals surface area contributed by atoms with E-state index in [2.05, 4.69) is 11.8 Å². The molecule has 3 aromatic carbocycles. The van der Waals surface area contributed by atoms with Gasteiger partial charge < -0.3 is 33.2 Å². The predicted molar refractivity (Wildman–Crippen MR) is 153 cm³/mol. The van der Waals surface area contributed by atoms with Crippen molar-refractivity contribution in [1.29, 1.82) is 0 Å². The topological polar surface area (TPSA) is 98.8 Å². The van der Waals surface area contributed by atoms with Crippen LogP contribution in [0.15, 0.2) is 48.5 Å². The number of carbonyl (C=O) groups excluding carboxylic acids is 2. The van der Waals surface area contributed by atoms with Crippen LogP contribution < -0.4 is 23.7 Å². The molecule has 1 saturated heterocycles. The van der Waals surface area contributed by atoms with Gasteiger partial charge >= 0.3 is 11.9 Å². The number of ether oxygens (including phenoxy) is 7. The molecular weight excluding hydrogens is 552 g/mol. The van der Waals surface area contributed by atoms with Crippen LogP contribution in [0, 0.1) is 29.6 Å². The Morgan fingerprint density at radius 1 is 0.884 bits per heavy atom. The molecule has 4 aliphatic rings. The maximum Gasteiger partial charge on any atom is 0.340 e. The number of benzene rings is 3. The lowest BCUT2D eigenvalue weighted by Gasteiger charge is -2.38. The summed E-state index contributed by atoms with van der Waals surface area (Å²) in [7, 11) is 4.63. The summed E-state index contributed by atoms with van der Waals surface area (Å²) in [5, 5.41) is 0. The number of rotatable bonds is 6. The summed E-state index contributed by atoms with van der Waals surface area (Å²) in [6.07, 6.45) is 1.38. The van der Waals surface area contributed by atoms with E-state index in [0.29, 0.717) is 45.8 Å². The van der Waals surface area contributed by atoms with Gasteiger partial charge in [-0.1, -0.05) is 24.0 Å². The Hall–Kier alpha value is -4.84. The molecule has 7 rings (SSSR count). The van der Waals surface area contributed by atoms with Crippen LogP contribution in [-0.2, 0) is 14.3 Å². The highest BCUT2D eigenvalue weighted by Gasteiger charge is 2.54. The summed E-state index contributed by atoms with van der Waals surface area (Å²) in [5.74, 6) is 6.74. The molecule has 2 aliphatic carbocycles. The van der Waals surface area contributed by atoms with Crippen LogP contribution in [0.2, 0.25) is 0 Å². The van der Waals surface area contributed by atoms with E-state index in [1.165, 1.54) is 7.11 Å². The van der Waals surface area contributed by atoms with Gasteiger partial charge in [0, 0.05) is 28.9 Å². The van der Waals surface area contributed by atoms with E-state index in [0.717, 1.165) is 29.5 Å². The van der Waals surface area contributed by atoms with Crippen molar-refractivity contribution in [3.8, 4) is 40.6 Å². The second-order valence-electron chi connectivity index (χ2n) is 11.0. The van der Waals surface area contributed by atoms with Crippen molar-refractivity contribution in [3.63, 3.8) is 0 Å². The molecule has 2 heterocycles. The van der Waals surface area contributed by atoms with Crippen molar-refractivity contribution in [2.45, 2.75) is 24.9 Å². The minimum absolute atomic E-state index is 0.0689. The van der Waals surface area contributed by atoms with E-state index in [4.69, 9.17) is 33.2 Å². The van der Waals surface area contributed by atoms with Crippen molar-refractivity contribution in [1.82, 2.24) is 0 Å². The summed E-state index contributed by atoms with van der Waals surface area (Å²) >= 11 is 0. The van der Waals surface area contributed by atoms with Gasteiger partial charge in [-0.05, 0) is 60.4 Å². The SMILES string of the molecule is COc1cc([C@@H]2c3cc4c(cc3[C@@H](OC(=O)c3ccccc3C#CC3CC3)[C@H]3COC(=O)[C@H]23)OCO4)cc(OC)c1OC. The maximum absolute atomic E-state index is 13.8. The van der Waals surface area contributed by atoms with Gasteiger partial charge in [-0.2, -0.15) is 0 Å². The number of carbonyl (C=O) groups is 2. The van der Waals surface area contributed by atoms with Gasteiger partial charge in [-0.15, -0.1) is 0 Å². The second-order valence-corrected chi connectivity index (χ2v) is 11.0. The smallest absolute Gasteiger partial charge is 0.340 e. The Kier molecular flexibility index (Phi) is 6.77. The van der Waals surface area contributed by atoms with E-state index >= 15 is 0 Å². The van der Waals surface area contributed by atoms with Crippen molar-refractivity contribution >= 4 is 11.9 Å². The van der Waals surface area contributed by atoms with Gasteiger partial charge in [-0.3, -0.25) is 4.79 Å². The lowest BCUT2D eigenvalue weighted by molar-refractivity contribution is -0.141. The standard InChI is InChI=1S/C34H30O9/c1-37-27-12-20(13-28(38-2)32(27)39-3)29-22-14-25-26(42-17-41-25)15-23(22)31(24-16-40-34(36)30(24)29)43-33(35)21-7-5-4-6-19(21)11-10-18-8-9-18/h4-7,12-15,18,24,29-31H,8-9,16-17H2,1-3H3/t24-,29+,30-,31+/m0/s1. The minimum atomic E-state index is -0.781. The number of methoxy groups -OCH3 is 3. The molecule has 9 nitrogen and oxygen atoms in total. The van der Waals surface area contributed by atoms with Gasteiger partial charge in [0.2, 0.25) is 12.5 Å². The number of fused-ring (bicyclic) bond motifs is 3. The van der Waals surface area contributed by atoms with Crippen LogP contribution in [0.1, 0.15) is 57.5 Å². The summed E-state index contributed by atoms with van der Waals surface area (Å²) in [6, 6.07) is 14.6. The highest BCUT2D eigenvalue weighted by Crippen LogP contribution is 2.56. The summed E-state index contributed by atoms with van der Waals surface area (Å²) in [5.41, 5.74) is 3.24. The molecule has 0 amide bonds. The molecule has 4 atom stereocenters. The Morgan fingerprint density at radius 3 is 2.26 bits per heavy atom. The first-order chi connectivity index (χ1) is 21.0. The zero-order valence-corrected chi connectivity index (χ0v) is 24.0. The molecule has 2 aliphatic heterocycles. The third kappa shape index (κ3) is 4.67. The molecule has 43 heavy (non-hydrogen) atoms. The van der Waals surface area contributed by atoms with Crippen molar-refractivity contribution in [2.24, 2.45) is 17.8 Å². The lowest BCUT2D eigenvalue weighted by Crippen LogP contribution is -2.36. The van der Waals surface area contributed by atoms with Crippen LogP contribution in [0.3, 0.4) is 0 Å². The molecule has 0 radical (unpaired) electrons. The second kappa shape index (κ2) is 10.8. The molecule has 0 N–H and O–H groups in total. The van der Waals surface area contributed by atoms with Crippen LogP contribution >= 0.6 is 0 Å². The van der Waals surface area contributed by atoms with Gasteiger partial charge in [0.15, 0.2) is 23.0 Å². The zero-order valence-electron chi connectivity index (χ0n) is 24.0. The number of cyclic esters (lactones) is 1. The molecule has 2 fully saturated rings. The van der Waals surface area contributed by atoms with Crippen LogP contribution in [-0.4, -0.2) is 46.7 Å². The largest absolute Gasteiger partial charge is 0.493 e. The maximum atomic E-state index is 13.8. The fourth-order valence-electron chi connectivity index (χ4n) is 6.30. The van der Waals surface area contributed by atoms with E-state index in [9.17, 15) is 9.59 Å². The average Bonchev–Trinajstić information content (AvgIpc) is 3.63. The van der Waals surface area contributed by atoms with E-state index < -0.39 is 29.8 Å². The molecule has 0 unspecified atom stereocenters. The van der Waals surface area contributed by atoms with Crippen molar-refractivity contribution in [2.75, 3.05) is 34.7 Å². The van der Waals surface area contributed by atoms with Crippen LogP contribution in [0.25, 0.3) is 0 Å². The fourth-order valence-corrected chi connectivity index (χ4v) is 6.30. The zero-order chi connectivity index (χ0) is 29.7. The average molecular weight is 583 g/mol. The lowest BCUT2D eigenvalue weighted by atomic mass is 9.66. The normalized spacial score (nSPS) is 22.8. The molecule has 0 spiro atoms. The number of hydrogen-bond acceptors (Lipinski definition) is 9. The highest BCUT2D eigenvalue weighted by atomic mass is 16.7. The fraction of sp³-hybridized carbons (Fsp3) is 0.353. The Morgan fingerprint density at radius 2 is 1.58 bits per heavy atom. The van der Waals surface area contributed by atoms with Crippen LogP contribution in [0.5, 0.6) is 28.7 Å². The number of esters is 2. The monoisotopic (exact) mass is 582 g/mol. The van der Waals surface area contributed by atoms with E-state index in [1.54, 1.807) is 26.4 Å². The van der Waals surface area contributed by atoms with Gasteiger partial charge in [0.1, 0.15) is 6.10 Å². The quantitative estimate of drug-likeness (QED) is 0.293. The molecule has 3 aromatic rings. The van der Waals surface area contributed by atoms with Gasteiger partial charge in [0.05, 0.1) is 39.4 Å². The molecule has 9 heteroatoms. The predicted octanol–water partition coefficient (Wildman–Crippen LogP) is 5.04. The highest BCUT2D eigenvalue weighted by molar-refractivity contribution is 5.92. The third-order valence-corrected chi connectivity index (χ3v) is 8.53. The Bertz CT molecular complexity index is 1650. The van der Waals surface area contributed by atoms with Crippen molar-refractivity contribution < 1.29 is 42.7 Å². The van der Waals surface area contributed by atoms with Gasteiger partial charge in [-0.25, -0.2) is 4.79 Å². The number of hydrogen-bond donors (Lipinski definition) is 0. The summed E-state index contributed by atoms with van der Waals surface area (Å²) in [6.45, 7) is 0.166. The summed E-state index contributed by atoms with van der Waals surface area (Å²) < 4.78 is 40.2. The first kappa shape index (κ1) is 27.0. The molecule has 1 saturated carbocycles. The molecule has 0 bridgehead atoms. The van der Waals surface area contributed by atoms with Crippen molar-refractivity contribution in [3.05, 3.63) is 76.3 Å². The molecule has 0 aromatic heterocycles. The third-order valence-electron chi connectivity index (χ3n) is 8.53. The van der Waals surface area contributed by atoms with E-state index in [1.807, 2.05) is 36.4 Å². The first-order valence-corrected chi connectivity index (χ1v) is 14.2. The first-order valence-electron chi connectivity index (χ1n) is 14.2. The Labute approximate surface area is 248 Å². The Balaban J connectivity index is 1.35. The van der Waals surface area contributed by atoms with Crippen LogP contribution in [0.4, 0.5) is 0 Å². The minimum Gasteiger partial charge on any atom is -0.493 e.